The van der Waals surface area contributed by atoms with E-state index in [2.05, 4.69) is 11.9 Å². The largest absolute Gasteiger partial charge is 0.494 e. The zero-order valence-corrected chi connectivity index (χ0v) is 17.1. The van der Waals surface area contributed by atoms with Crippen molar-refractivity contribution in [1.29, 1.82) is 0 Å². The molecule has 8 nitrogen and oxygen atoms in total. The van der Waals surface area contributed by atoms with Crippen LogP contribution < -0.4 is 11.2 Å². The number of esters is 1. The number of hydrogen-bond acceptors (Lipinski definition) is 6. The van der Waals surface area contributed by atoms with Gasteiger partial charge in [0.1, 0.15) is 5.56 Å². The highest BCUT2D eigenvalue weighted by molar-refractivity contribution is 5.90. The smallest absolute Gasteiger partial charge is 0.338 e. The standard InChI is InChI=1S/C21H27N3O5/c1-4-7-8-13-29-20(27)15-9-11-16(12-10-15)22-14-17-18(25)23(5-2)21(28)24(6-3)19(17)26/h9-12,14,25H,4-8,13H2,1-3H3. The third kappa shape index (κ3) is 5.22. The van der Waals surface area contributed by atoms with Gasteiger partial charge in [0.25, 0.3) is 5.56 Å². The first-order valence-electron chi connectivity index (χ1n) is 9.82. The molecule has 0 aliphatic heterocycles. The van der Waals surface area contributed by atoms with Gasteiger partial charge in [-0.3, -0.25) is 18.9 Å². The van der Waals surface area contributed by atoms with Crippen LogP contribution >= 0.6 is 0 Å². The second kappa shape index (κ2) is 10.4. The normalized spacial score (nSPS) is 11.1. The Morgan fingerprint density at radius 2 is 1.72 bits per heavy atom. The molecular formula is C21H27N3O5. The van der Waals surface area contributed by atoms with Crippen molar-refractivity contribution in [3.63, 3.8) is 0 Å². The summed E-state index contributed by atoms with van der Waals surface area (Å²) in [4.78, 5) is 40.8. The molecule has 0 atom stereocenters. The van der Waals surface area contributed by atoms with Gasteiger partial charge in [0.15, 0.2) is 0 Å². The number of aromatic hydroxyl groups is 1. The first kappa shape index (κ1) is 22.1. The lowest BCUT2D eigenvalue weighted by molar-refractivity contribution is 0.0498. The molecule has 0 aliphatic carbocycles. The molecule has 0 radical (unpaired) electrons. The first-order chi connectivity index (χ1) is 13.9. The van der Waals surface area contributed by atoms with Crippen LogP contribution in [0.1, 0.15) is 56.0 Å². The lowest BCUT2D eigenvalue weighted by Gasteiger charge is -2.11. The van der Waals surface area contributed by atoms with Gasteiger partial charge in [-0.15, -0.1) is 0 Å². The van der Waals surface area contributed by atoms with Crippen LogP contribution in [-0.4, -0.2) is 33.0 Å². The van der Waals surface area contributed by atoms with Crippen LogP contribution in [0.2, 0.25) is 0 Å². The minimum Gasteiger partial charge on any atom is -0.494 e. The van der Waals surface area contributed by atoms with Gasteiger partial charge in [0, 0.05) is 19.3 Å². The molecule has 0 aliphatic rings. The van der Waals surface area contributed by atoms with E-state index < -0.39 is 23.1 Å². The maximum atomic E-state index is 12.5. The lowest BCUT2D eigenvalue weighted by atomic mass is 10.2. The number of aliphatic imine (C=N–C) groups is 1. The third-order valence-electron chi connectivity index (χ3n) is 4.49. The lowest BCUT2D eigenvalue weighted by Crippen LogP contribution is -2.41. The summed E-state index contributed by atoms with van der Waals surface area (Å²) in [6.07, 6.45) is 4.13. The van der Waals surface area contributed by atoms with Crippen LogP contribution in [0.4, 0.5) is 5.69 Å². The van der Waals surface area contributed by atoms with Gasteiger partial charge in [0.05, 0.1) is 17.9 Å². The molecule has 8 heteroatoms. The van der Waals surface area contributed by atoms with Crippen molar-refractivity contribution in [3.8, 4) is 5.88 Å². The molecule has 0 saturated carbocycles. The number of rotatable bonds is 9. The van der Waals surface area contributed by atoms with E-state index in [4.69, 9.17) is 4.74 Å². The van der Waals surface area contributed by atoms with Crippen LogP contribution in [0.3, 0.4) is 0 Å². The second-order valence-corrected chi connectivity index (χ2v) is 6.46. The zero-order chi connectivity index (χ0) is 21.4. The van der Waals surface area contributed by atoms with E-state index in [9.17, 15) is 19.5 Å². The SMILES string of the molecule is CCCCCOC(=O)c1ccc(N=Cc2c(O)n(CC)c(=O)n(CC)c2=O)cc1. The maximum absolute atomic E-state index is 12.5. The van der Waals surface area contributed by atoms with Gasteiger partial charge in [-0.05, 0) is 44.5 Å². The molecule has 1 aromatic carbocycles. The van der Waals surface area contributed by atoms with Crippen LogP contribution in [0.25, 0.3) is 0 Å². The Hall–Kier alpha value is -3.16. The monoisotopic (exact) mass is 401 g/mol. The molecule has 156 valence electrons. The predicted octanol–water partition coefficient (Wildman–Crippen LogP) is 2.85. The van der Waals surface area contributed by atoms with Gasteiger partial charge < -0.3 is 9.84 Å². The Bertz CT molecular complexity index is 987. The van der Waals surface area contributed by atoms with E-state index in [-0.39, 0.29) is 18.7 Å². The average molecular weight is 401 g/mol. The second-order valence-electron chi connectivity index (χ2n) is 6.46. The van der Waals surface area contributed by atoms with Crippen molar-refractivity contribution in [1.82, 2.24) is 9.13 Å². The first-order valence-corrected chi connectivity index (χ1v) is 9.82. The number of benzene rings is 1. The number of aromatic nitrogens is 2. The number of ether oxygens (including phenoxy) is 1. The molecule has 0 amide bonds. The molecule has 0 saturated heterocycles. The summed E-state index contributed by atoms with van der Waals surface area (Å²) in [6, 6.07) is 6.41. The van der Waals surface area contributed by atoms with Gasteiger partial charge in [0.2, 0.25) is 5.88 Å². The van der Waals surface area contributed by atoms with Gasteiger partial charge in [-0.1, -0.05) is 19.8 Å². The predicted molar refractivity (Wildman–Crippen MR) is 111 cm³/mol. The van der Waals surface area contributed by atoms with Gasteiger partial charge in [-0.2, -0.15) is 0 Å². The molecule has 0 bridgehead atoms. The summed E-state index contributed by atoms with van der Waals surface area (Å²) in [5.41, 5.74) is -0.320. The van der Waals surface area contributed by atoms with E-state index in [1.807, 2.05) is 0 Å². The van der Waals surface area contributed by atoms with Crippen LogP contribution in [-0.2, 0) is 17.8 Å². The quantitative estimate of drug-likeness (QED) is 0.395. The summed E-state index contributed by atoms with van der Waals surface area (Å²) < 4.78 is 7.37. The molecule has 1 aromatic heterocycles. The topological polar surface area (TPSA) is 103 Å². The van der Waals surface area contributed by atoms with E-state index >= 15 is 0 Å². The molecule has 1 N–H and O–H groups in total. The molecular weight excluding hydrogens is 374 g/mol. The molecule has 1 heterocycles. The molecule has 2 aromatic rings. The third-order valence-corrected chi connectivity index (χ3v) is 4.49. The Labute approximate surface area is 169 Å². The Kier molecular flexibility index (Phi) is 7.94. The number of nitrogens with zero attached hydrogens (tertiary/aromatic N) is 3. The van der Waals surface area contributed by atoms with Gasteiger partial charge in [-0.25, -0.2) is 9.59 Å². The summed E-state index contributed by atoms with van der Waals surface area (Å²) >= 11 is 0. The summed E-state index contributed by atoms with van der Waals surface area (Å²) in [7, 11) is 0. The number of unbranched alkanes of at least 4 members (excludes halogenated alkanes) is 2. The Morgan fingerprint density at radius 1 is 1.07 bits per heavy atom. The fourth-order valence-corrected chi connectivity index (χ4v) is 2.81. The highest BCUT2D eigenvalue weighted by Gasteiger charge is 2.15. The minimum absolute atomic E-state index is 0.0623. The van der Waals surface area contributed by atoms with Crippen molar-refractivity contribution < 1.29 is 14.6 Å². The molecule has 0 spiro atoms. The average Bonchev–Trinajstić information content (AvgIpc) is 2.72. The van der Waals surface area contributed by atoms with E-state index in [1.165, 1.54) is 6.21 Å². The van der Waals surface area contributed by atoms with Gasteiger partial charge >= 0.3 is 11.7 Å². The highest BCUT2D eigenvalue weighted by atomic mass is 16.5. The van der Waals surface area contributed by atoms with Crippen molar-refractivity contribution in [2.75, 3.05) is 6.61 Å². The van der Waals surface area contributed by atoms with Crippen LogP contribution in [0.5, 0.6) is 5.88 Å². The molecule has 0 unspecified atom stereocenters. The van der Waals surface area contributed by atoms with E-state index in [0.29, 0.717) is 17.9 Å². The summed E-state index contributed by atoms with van der Waals surface area (Å²) in [5, 5.41) is 10.3. The maximum Gasteiger partial charge on any atom is 0.338 e. The zero-order valence-electron chi connectivity index (χ0n) is 17.1. The van der Waals surface area contributed by atoms with E-state index in [1.54, 1.807) is 38.1 Å². The van der Waals surface area contributed by atoms with Crippen molar-refractivity contribution in [3.05, 3.63) is 56.2 Å². The Balaban J connectivity index is 2.22. The number of carbonyl (C=O) groups excluding carboxylic acids is 1. The van der Waals surface area contributed by atoms with Crippen molar-refractivity contribution in [2.45, 2.75) is 53.1 Å². The molecule has 0 fully saturated rings. The summed E-state index contributed by atoms with van der Waals surface area (Å²) in [6.45, 7) is 6.26. The van der Waals surface area contributed by atoms with E-state index in [0.717, 1.165) is 28.4 Å². The number of hydrogen-bond donors (Lipinski definition) is 1. The van der Waals surface area contributed by atoms with Crippen LogP contribution in [0.15, 0.2) is 38.8 Å². The molecule has 2 rings (SSSR count). The fraction of sp³-hybridized carbons (Fsp3) is 0.429. The highest BCUT2D eigenvalue weighted by Crippen LogP contribution is 2.15. The number of carbonyl (C=O) groups is 1. The molecule has 29 heavy (non-hydrogen) atoms. The Morgan fingerprint density at radius 3 is 2.31 bits per heavy atom. The fourth-order valence-electron chi connectivity index (χ4n) is 2.81. The van der Waals surface area contributed by atoms with Crippen molar-refractivity contribution >= 4 is 17.9 Å². The summed E-state index contributed by atoms with van der Waals surface area (Å²) in [5.74, 6) is -0.807. The van der Waals surface area contributed by atoms with Crippen molar-refractivity contribution in [2.24, 2.45) is 4.99 Å². The minimum atomic E-state index is -0.601. The van der Waals surface area contributed by atoms with Crippen LogP contribution in [0, 0.1) is 0 Å².